The summed E-state index contributed by atoms with van der Waals surface area (Å²) in [5, 5.41) is 11.4. The van der Waals surface area contributed by atoms with Crippen molar-refractivity contribution >= 4 is 11.8 Å². The van der Waals surface area contributed by atoms with Crippen LogP contribution in [0.15, 0.2) is 24.7 Å². The first-order valence-corrected chi connectivity index (χ1v) is 9.32. The average Bonchev–Trinajstić information content (AvgIpc) is 3.28. The summed E-state index contributed by atoms with van der Waals surface area (Å²) in [6, 6.07) is 1.93. The predicted molar refractivity (Wildman–Crippen MR) is 101 cm³/mol. The molecule has 0 atom stereocenters. The van der Waals surface area contributed by atoms with Crippen LogP contribution in [0.4, 0.5) is 0 Å². The van der Waals surface area contributed by atoms with Crippen LogP contribution in [0.5, 0.6) is 0 Å². The largest absolute Gasteiger partial charge is 0.347 e. The number of piperidine rings is 1. The van der Waals surface area contributed by atoms with Crippen molar-refractivity contribution in [3.05, 3.63) is 35.9 Å². The Bertz CT molecular complexity index is 814. The normalized spacial score (nSPS) is 15.8. The van der Waals surface area contributed by atoms with Crippen molar-refractivity contribution in [3.8, 4) is 0 Å². The van der Waals surface area contributed by atoms with Gasteiger partial charge in [0, 0.05) is 51.5 Å². The Labute approximate surface area is 159 Å². The molecular formula is C19H28N6O2. The van der Waals surface area contributed by atoms with Crippen LogP contribution in [0.1, 0.15) is 43.9 Å². The van der Waals surface area contributed by atoms with E-state index in [1.807, 2.05) is 52.6 Å². The smallest absolute Gasteiger partial charge is 0.311 e. The Morgan fingerprint density at radius 3 is 2.48 bits per heavy atom. The summed E-state index contributed by atoms with van der Waals surface area (Å²) in [6.07, 6.45) is 7.48. The Kier molecular flexibility index (Phi) is 5.34. The van der Waals surface area contributed by atoms with Crippen LogP contribution in [-0.2, 0) is 29.1 Å². The molecule has 3 rings (SSSR count). The maximum absolute atomic E-state index is 12.5. The van der Waals surface area contributed by atoms with Gasteiger partial charge in [0.15, 0.2) is 0 Å². The second-order valence-electron chi connectivity index (χ2n) is 7.96. The molecule has 0 bridgehead atoms. The molecule has 8 heteroatoms. The molecule has 1 aliphatic rings. The summed E-state index contributed by atoms with van der Waals surface area (Å²) < 4.78 is 3.53. The Morgan fingerprint density at radius 2 is 1.93 bits per heavy atom. The molecule has 0 unspecified atom stereocenters. The highest BCUT2D eigenvalue weighted by Gasteiger charge is 2.30. The highest BCUT2D eigenvalue weighted by molar-refractivity contribution is 6.35. The van der Waals surface area contributed by atoms with Crippen LogP contribution in [0, 0.1) is 0 Å². The molecule has 3 heterocycles. The van der Waals surface area contributed by atoms with Gasteiger partial charge in [-0.3, -0.25) is 19.0 Å². The zero-order valence-corrected chi connectivity index (χ0v) is 16.5. The molecule has 1 aliphatic heterocycles. The first kappa shape index (κ1) is 19.1. The van der Waals surface area contributed by atoms with Crippen molar-refractivity contribution in [1.29, 1.82) is 0 Å². The number of nitrogens with zero attached hydrogens (tertiary/aromatic N) is 5. The molecule has 0 aromatic carbocycles. The number of carbonyl (C=O) groups is 2. The number of hydrogen-bond acceptors (Lipinski definition) is 4. The van der Waals surface area contributed by atoms with Crippen molar-refractivity contribution in [2.75, 3.05) is 19.6 Å². The van der Waals surface area contributed by atoms with E-state index in [1.165, 1.54) is 5.56 Å². The molecular weight excluding hydrogens is 344 g/mol. The van der Waals surface area contributed by atoms with Crippen molar-refractivity contribution in [2.24, 2.45) is 14.1 Å². The van der Waals surface area contributed by atoms with Crippen molar-refractivity contribution in [2.45, 2.75) is 38.0 Å². The van der Waals surface area contributed by atoms with Crippen LogP contribution in [0.2, 0.25) is 0 Å². The van der Waals surface area contributed by atoms with E-state index in [-0.39, 0.29) is 5.41 Å². The van der Waals surface area contributed by atoms with Crippen molar-refractivity contribution in [3.63, 3.8) is 0 Å². The molecule has 0 saturated carbocycles. The van der Waals surface area contributed by atoms with E-state index in [9.17, 15) is 9.59 Å². The van der Waals surface area contributed by atoms with E-state index in [0.717, 1.165) is 18.5 Å². The van der Waals surface area contributed by atoms with Crippen molar-refractivity contribution < 1.29 is 9.59 Å². The second kappa shape index (κ2) is 7.54. The molecule has 2 amide bonds. The van der Waals surface area contributed by atoms with Crippen molar-refractivity contribution in [1.82, 2.24) is 29.8 Å². The quantitative estimate of drug-likeness (QED) is 0.810. The summed E-state index contributed by atoms with van der Waals surface area (Å²) in [6.45, 7) is 5.55. The number of hydrogen-bond donors (Lipinski definition) is 1. The fourth-order valence-electron chi connectivity index (χ4n) is 3.45. The molecule has 0 radical (unpaired) electrons. The van der Waals surface area contributed by atoms with E-state index in [2.05, 4.69) is 15.5 Å². The van der Waals surface area contributed by atoms with Gasteiger partial charge in [-0.05, 0) is 30.4 Å². The topological polar surface area (TPSA) is 85.0 Å². The van der Waals surface area contributed by atoms with E-state index >= 15 is 0 Å². The van der Waals surface area contributed by atoms with E-state index in [4.69, 9.17) is 0 Å². The predicted octanol–water partition coefficient (Wildman–Crippen LogP) is 0.954. The van der Waals surface area contributed by atoms with Crippen LogP contribution in [0.25, 0.3) is 0 Å². The van der Waals surface area contributed by atoms with Gasteiger partial charge in [0.2, 0.25) is 0 Å². The number of nitrogens with one attached hydrogen (secondary N) is 1. The SMILES string of the molecule is Cn1cc(C2CCN(C(=O)C(=O)NCC(C)(C)c3ccn(C)n3)CC2)cn1. The highest BCUT2D eigenvalue weighted by atomic mass is 16.2. The minimum Gasteiger partial charge on any atom is -0.347 e. The van der Waals surface area contributed by atoms with Gasteiger partial charge in [0.1, 0.15) is 0 Å². The van der Waals surface area contributed by atoms with Crippen LogP contribution >= 0.6 is 0 Å². The van der Waals surface area contributed by atoms with Gasteiger partial charge in [0.25, 0.3) is 0 Å². The van der Waals surface area contributed by atoms with Gasteiger partial charge in [-0.2, -0.15) is 10.2 Å². The lowest BCUT2D eigenvalue weighted by atomic mass is 9.89. The van der Waals surface area contributed by atoms with Gasteiger partial charge in [-0.15, -0.1) is 0 Å². The molecule has 1 saturated heterocycles. The first-order chi connectivity index (χ1) is 12.8. The number of aryl methyl sites for hydroxylation is 2. The first-order valence-electron chi connectivity index (χ1n) is 9.32. The fraction of sp³-hybridized carbons (Fsp3) is 0.579. The molecule has 27 heavy (non-hydrogen) atoms. The third kappa shape index (κ3) is 4.37. The van der Waals surface area contributed by atoms with Gasteiger partial charge in [-0.25, -0.2) is 0 Å². The molecule has 0 aliphatic carbocycles. The summed E-state index contributed by atoms with van der Waals surface area (Å²) >= 11 is 0. The maximum Gasteiger partial charge on any atom is 0.311 e. The second-order valence-corrected chi connectivity index (χ2v) is 7.96. The summed E-state index contributed by atoms with van der Waals surface area (Å²) in [4.78, 5) is 26.5. The van der Waals surface area contributed by atoms with Gasteiger partial charge < -0.3 is 10.2 Å². The number of aromatic nitrogens is 4. The minimum atomic E-state index is -0.543. The molecule has 1 N–H and O–H groups in total. The monoisotopic (exact) mass is 372 g/mol. The van der Waals surface area contributed by atoms with Crippen LogP contribution < -0.4 is 5.32 Å². The molecule has 1 fully saturated rings. The Morgan fingerprint density at radius 1 is 1.22 bits per heavy atom. The number of amides is 2. The Balaban J connectivity index is 1.50. The highest BCUT2D eigenvalue weighted by Crippen LogP contribution is 2.27. The Hall–Kier alpha value is -2.64. The number of rotatable bonds is 4. The zero-order chi connectivity index (χ0) is 19.6. The minimum absolute atomic E-state index is 0.343. The maximum atomic E-state index is 12.5. The van der Waals surface area contributed by atoms with Crippen LogP contribution in [0.3, 0.4) is 0 Å². The third-order valence-electron chi connectivity index (χ3n) is 5.27. The van der Waals surface area contributed by atoms with Gasteiger partial charge in [0.05, 0.1) is 11.9 Å². The van der Waals surface area contributed by atoms with E-state index < -0.39 is 11.8 Å². The number of carbonyl (C=O) groups excluding carboxylic acids is 2. The molecule has 2 aromatic heterocycles. The molecule has 2 aromatic rings. The zero-order valence-electron chi connectivity index (χ0n) is 16.5. The van der Waals surface area contributed by atoms with E-state index in [0.29, 0.717) is 25.6 Å². The summed E-state index contributed by atoms with van der Waals surface area (Å²) in [5.74, 6) is -0.593. The third-order valence-corrected chi connectivity index (χ3v) is 5.27. The summed E-state index contributed by atoms with van der Waals surface area (Å²) in [5.41, 5.74) is 1.74. The fourth-order valence-corrected chi connectivity index (χ4v) is 3.45. The lowest BCUT2D eigenvalue weighted by Gasteiger charge is -2.31. The average molecular weight is 372 g/mol. The number of likely N-dealkylation sites (tertiary alicyclic amines) is 1. The van der Waals surface area contributed by atoms with E-state index in [1.54, 1.807) is 14.3 Å². The lowest BCUT2D eigenvalue weighted by Crippen LogP contribution is -2.48. The molecule has 8 nitrogen and oxygen atoms in total. The van der Waals surface area contributed by atoms with Crippen LogP contribution in [-0.4, -0.2) is 55.9 Å². The molecule has 146 valence electrons. The standard InChI is InChI=1S/C19H28N6O2/c1-19(2,16-7-8-23(3)22-16)13-20-17(26)18(27)25-9-5-14(6-10-25)15-11-21-24(4)12-15/h7-8,11-12,14H,5-6,9-10,13H2,1-4H3,(H,20,26). The molecule has 0 spiro atoms. The van der Waals surface area contributed by atoms with Gasteiger partial charge >= 0.3 is 11.8 Å². The van der Waals surface area contributed by atoms with Gasteiger partial charge in [-0.1, -0.05) is 13.8 Å². The lowest BCUT2D eigenvalue weighted by molar-refractivity contribution is -0.146. The summed E-state index contributed by atoms with van der Waals surface area (Å²) in [7, 11) is 3.76.